The van der Waals surface area contributed by atoms with Gasteiger partial charge in [-0.15, -0.1) is 0 Å². The van der Waals surface area contributed by atoms with Crippen LogP contribution in [-0.4, -0.2) is 125 Å². The van der Waals surface area contributed by atoms with Crippen molar-refractivity contribution in [3.8, 4) is 11.3 Å². The number of β-amino-alcohol motifs (C(OH)–C–C–N with tert-alkyl or cyclic N) is 1. The lowest BCUT2D eigenvalue weighted by atomic mass is 9.90. The molecule has 0 radical (unpaired) electrons. The first-order chi connectivity index (χ1) is 33.3. The number of carbonyl (C=O) groups excluding carboxylic acids is 2. The number of benzene rings is 4. The van der Waals surface area contributed by atoms with Crippen LogP contribution in [0, 0.1) is 0 Å². The SMILES string of the molecule is C[C@@H](CC(=O)N1CCC(O)(Cn2cnc3c(-c4ccc(CNC(=O)CCCCN5CCN(C[C@H](O)Cn6c7ccc(Br)cc7c7cc(Br)ccc76)CC5)cc4)n(C)nc3c2=O)CC1)c1ccccc1. The van der Waals surface area contributed by atoms with Crippen LogP contribution in [0.15, 0.2) is 111 Å². The van der Waals surface area contributed by atoms with Gasteiger partial charge in [0.15, 0.2) is 5.52 Å². The number of halogens is 2. The minimum Gasteiger partial charge on any atom is -0.390 e. The first kappa shape index (κ1) is 48.8. The van der Waals surface area contributed by atoms with E-state index in [9.17, 15) is 24.6 Å². The molecule has 2 saturated heterocycles. The summed E-state index contributed by atoms with van der Waals surface area (Å²) >= 11 is 7.24. The summed E-state index contributed by atoms with van der Waals surface area (Å²) in [5, 5.41) is 32.7. The molecule has 3 N–H and O–H groups in total. The number of fused-ring (bicyclic) bond motifs is 4. The van der Waals surface area contributed by atoms with Gasteiger partial charge in [-0.2, -0.15) is 5.10 Å². The van der Waals surface area contributed by atoms with E-state index in [1.54, 1.807) is 11.7 Å². The second-order valence-electron chi connectivity index (χ2n) is 19.1. The summed E-state index contributed by atoms with van der Waals surface area (Å²) in [5.74, 6) is 0.196. The second kappa shape index (κ2) is 21.4. The number of likely N-dealkylation sites (tertiary alicyclic amines) is 1. The molecule has 2 aliphatic rings. The maximum absolute atomic E-state index is 13.7. The van der Waals surface area contributed by atoms with E-state index >= 15 is 0 Å². The summed E-state index contributed by atoms with van der Waals surface area (Å²) in [6.45, 7) is 9.18. The molecule has 9 rings (SSSR count). The summed E-state index contributed by atoms with van der Waals surface area (Å²) in [6, 6.07) is 30.5. The maximum atomic E-state index is 13.7. The maximum Gasteiger partial charge on any atom is 0.281 e. The number of aliphatic hydroxyl groups excluding tert-OH is 1. The Morgan fingerprint density at radius 1 is 0.812 bits per heavy atom. The minimum atomic E-state index is -1.15. The Bertz CT molecular complexity index is 2930. The van der Waals surface area contributed by atoms with Gasteiger partial charge < -0.3 is 29.9 Å². The predicted molar refractivity (Wildman–Crippen MR) is 278 cm³/mol. The lowest BCUT2D eigenvalue weighted by Crippen LogP contribution is -2.49. The number of nitrogens with zero attached hydrogens (tertiary/aromatic N) is 8. The summed E-state index contributed by atoms with van der Waals surface area (Å²) in [6.07, 6.45) is 4.34. The highest BCUT2D eigenvalue weighted by Crippen LogP contribution is 2.34. The van der Waals surface area contributed by atoms with Gasteiger partial charge in [-0.25, -0.2) is 4.98 Å². The summed E-state index contributed by atoms with van der Waals surface area (Å²) in [7, 11) is 1.79. The van der Waals surface area contributed by atoms with Crippen LogP contribution in [0.4, 0.5) is 0 Å². The number of rotatable bonds is 17. The van der Waals surface area contributed by atoms with Crippen LogP contribution in [0.5, 0.6) is 0 Å². The number of hydrogen-bond acceptors (Lipinski definition) is 9. The van der Waals surface area contributed by atoms with E-state index in [2.05, 4.69) is 105 Å². The predicted octanol–water partition coefficient (Wildman–Crippen LogP) is 7.44. The summed E-state index contributed by atoms with van der Waals surface area (Å²) in [4.78, 5) is 50.9. The number of aryl methyl sites for hydroxylation is 1. The first-order valence-electron chi connectivity index (χ1n) is 24.1. The molecule has 0 spiro atoms. The second-order valence-corrected chi connectivity index (χ2v) is 21.0. The zero-order chi connectivity index (χ0) is 48.2. The molecule has 0 bridgehead atoms. The van der Waals surface area contributed by atoms with E-state index in [4.69, 9.17) is 0 Å². The monoisotopic (exact) mass is 1060 g/mol. The molecule has 16 heteroatoms. The number of hydrogen-bond donors (Lipinski definition) is 3. The number of piperidine rings is 1. The van der Waals surface area contributed by atoms with Crippen LogP contribution >= 0.6 is 31.9 Å². The third kappa shape index (κ3) is 11.4. The van der Waals surface area contributed by atoms with Gasteiger partial charge in [-0.3, -0.25) is 28.5 Å². The van der Waals surface area contributed by atoms with Gasteiger partial charge in [0.2, 0.25) is 11.8 Å². The molecule has 0 unspecified atom stereocenters. The Balaban J connectivity index is 0.690. The highest BCUT2D eigenvalue weighted by atomic mass is 79.9. The van der Waals surface area contributed by atoms with Gasteiger partial charge in [0.05, 0.1) is 36.8 Å². The van der Waals surface area contributed by atoms with Crippen LogP contribution < -0.4 is 10.9 Å². The number of nitrogens with one attached hydrogen (secondary N) is 1. The fourth-order valence-corrected chi connectivity index (χ4v) is 10.9. The molecule has 2 aliphatic heterocycles. The van der Waals surface area contributed by atoms with Gasteiger partial charge in [-0.1, -0.05) is 93.4 Å². The normalized spacial score (nSPS) is 16.6. The van der Waals surface area contributed by atoms with Crippen molar-refractivity contribution in [3.63, 3.8) is 0 Å². The van der Waals surface area contributed by atoms with Crippen LogP contribution in [0.2, 0.25) is 0 Å². The van der Waals surface area contributed by atoms with Crippen molar-refractivity contribution in [3.05, 3.63) is 128 Å². The van der Waals surface area contributed by atoms with E-state index in [-0.39, 0.29) is 35.4 Å². The molecule has 2 fully saturated rings. The van der Waals surface area contributed by atoms with Crippen molar-refractivity contribution in [2.24, 2.45) is 7.05 Å². The lowest BCUT2D eigenvalue weighted by Gasteiger charge is -2.38. The molecule has 0 saturated carbocycles. The van der Waals surface area contributed by atoms with E-state index in [1.165, 1.54) is 21.7 Å². The van der Waals surface area contributed by atoms with Crippen molar-refractivity contribution >= 4 is 76.5 Å². The van der Waals surface area contributed by atoms with E-state index in [0.717, 1.165) is 82.2 Å². The van der Waals surface area contributed by atoms with Crippen molar-refractivity contribution in [2.45, 2.75) is 82.7 Å². The number of unbranched alkanes of at least 4 members (excludes halogenated alkanes) is 1. The zero-order valence-corrected chi connectivity index (χ0v) is 42.5. The van der Waals surface area contributed by atoms with Gasteiger partial charge in [0.25, 0.3) is 5.56 Å². The lowest BCUT2D eigenvalue weighted by molar-refractivity contribution is -0.136. The van der Waals surface area contributed by atoms with Crippen LogP contribution in [0.1, 0.15) is 62.5 Å². The van der Waals surface area contributed by atoms with E-state index < -0.39 is 11.7 Å². The molecule has 14 nitrogen and oxygen atoms in total. The summed E-state index contributed by atoms with van der Waals surface area (Å²) in [5.41, 5.74) is 5.10. The molecule has 2 atom stereocenters. The van der Waals surface area contributed by atoms with Crippen molar-refractivity contribution in [2.75, 3.05) is 52.4 Å². The average Bonchev–Trinajstić information content (AvgIpc) is 3.84. The molecule has 7 aromatic rings. The van der Waals surface area contributed by atoms with E-state index in [1.807, 2.05) is 59.5 Å². The molecule has 3 aromatic heterocycles. The van der Waals surface area contributed by atoms with Crippen molar-refractivity contribution in [1.82, 2.24) is 43.9 Å². The Kier molecular flexibility index (Phi) is 15.1. The van der Waals surface area contributed by atoms with Gasteiger partial charge in [-0.05, 0) is 85.7 Å². The number of aliphatic hydroxyl groups is 2. The fourth-order valence-electron chi connectivity index (χ4n) is 10.2. The first-order valence-corrected chi connectivity index (χ1v) is 25.7. The zero-order valence-electron chi connectivity index (χ0n) is 39.4. The Morgan fingerprint density at radius 2 is 1.46 bits per heavy atom. The van der Waals surface area contributed by atoms with Crippen LogP contribution in [0.25, 0.3) is 44.1 Å². The van der Waals surface area contributed by atoms with Crippen molar-refractivity contribution < 1.29 is 19.8 Å². The summed E-state index contributed by atoms with van der Waals surface area (Å²) < 4.78 is 7.40. The Hall–Kier alpha value is -5.23. The quantitative estimate of drug-likeness (QED) is 0.0791. The van der Waals surface area contributed by atoms with Crippen LogP contribution in [-0.2, 0) is 36.3 Å². The molecule has 2 amide bonds. The standard InChI is InChI=1S/C53H61Br2N9O5/c1-36(38-8-4-3-5-9-38)28-48(67)62-22-19-53(69,20-23-62)34-63-35-57-49-50(52(63)68)58-59(2)51(49)39-13-11-37(12-14-39)31-56-47(66)10-6-7-21-60-24-26-61(27-25-60)32-42(65)33-64-45-17-15-40(54)29-43(45)44-30-41(55)16-18-46(44)64/h3-5,8-9,11-18,29-30,35-36,42,65,69H,6-7,10,19-28,31-34H2,1-2H3,(H,56,66)/t36-,42-/m0/s1. The third-order valence-electron chi connectivity index (χ3n) is 14.1. The smallest absolute Gasteiger partial charge is 0.281 e. The Labute approximate surface area is 419 Å². The van der Waals surface area contributed by atoms with Gasteiger partial charge in [0.1, 0.15) is 5.52 Å². The topological polar surface area (TPSA) is 154 Å². The molecule has 69 heavy (non-hydrogen) atoms. The van der Waals surface area contributed by atoms with Gasteiger partial charge in [0, 0.05) is 109 Å². The number of carbonyl (C=O) groups is 2. The number of aromatic nitrogens is 5. The fraction of sp³-hybridized carbons (Fsp3) is 0.415. The molecule has 362 valence electrons. The Morgan fingerprint density at radius 3 is 2.13 bits per heavy atom. The third-order valence-corrected chi connectivity index (χ3v) is 15.1. The van der Waals surface area contributed by atoms with E-state index in [0.29, 0.717) is 69.6 Å². The van der Waals surface area contributed by atoms with Crippen LogP contribution in [0.3, 0.4) is 0 Å². The van der Waals surface area contributed by atoms with Crippen molar-refractivity contribution in [1.29, 1.82) is 0 Å². The number of piperazine rings is 1. The van der Waals surface area contributed by atoms with Gasteiger partial charge >= 0.3 is 0 Å². The molecular weight excluding hydrogens is 1000 g/mol. The molecule has 4 aromatic carbocycles. The molecule has 0 aliphatic carbocycles. The number of amides is 2. The largest absolute Gasteiger partial charge is 0.390 e. The highest BCUT2D eigenvalue weighted by Gasteiger charge is 2.35. The average molecular weight is 1060 g/mol. The minimum absolute atomic E-state index is 0.0247. The molecule has 5 heterocycles. The highest BCUT2D eigenvalue weighted by molar-refractivity contribution is 9.10. The molecular formula is C53H61Br2N9O5.